The molecule has 3 heterocycles. The molecule has 1 saturated heterocycles. The molecule has 122 valence electrons. The van der Waals surface area contributed by atoms with Crippen molar-refractivity contribution in [3.8, 4) is 11.6 Å². The van der Waals surface area contributed by atoms with Gasteiger partial charge < -0.3 is 14.4 Å². The lowest BCUT2D eigenvalue weighted by Crippen LogP contribution is -2.39. The standard InChI is InChI=1S/C16H19ClN4O2/c1-11-9-14(17)19-20-16(11)21-7-5-12(6-8-21)23-13-3-4-15(22-2)18-10-13/h3-4,9-10,12H,5-8H2,1-2H3. The molecule has 23 heavy (non-hydrogen) atoms. The predicted octanol–water partition coefficient (Wildman–Crippen LogP) is 2.89. The van der Waals surface area contributed by atoms with Crippen LogP contribution in [0.3, 0.4) is 0 Å². The van der Waals surface area contributed by atoms with Crippen molar-refractivity contribution in [1.29, 1.82) is 0 Å². The smallest absolute Gasteiger partial charge is 0.213 e. The van der Waals surface area contributed by atoms with Gasteiger partial charge in [0.15, 0.2) is 11.0 Å². The first kappa shape index (κ1) is 15.8. The second-order valence-electron chi connectivity index (χ2n) is 5.51. The maximum Gasteiger partial charge on any atom is 0.213 e. The number of piperidine rings is 1. The second-order valence-corrected chi connectivity index (χ2v) is 5.90. The van der Waals surface area contributed by atoms with Gasteiger partial charge in [-0.2, -0.15) is 0 Å². The van der Waals surface area contributed by atoms with Crippen LogP contribution in [0.25, 0.3) is 0 Å². The van der Waals surface area contributed by atoms with E-state index in [9.17, 15) is 0 Å². The molecule has 0 radical (unpaired) electrons. The van der Waals surface area contributed by atoms with Crippen LogP contribution in [0, 0.1) is 6.92 Å². The molecule has 7 heteroatoms. The maximum absolute atomic E-state index is 5.99. The number of aromatic nitrogens is 3. The van der Waals surface area contributed by atoms with Gasteiger partial charge >= 0.3 is 0 Å². The lowest BCUT2D eigenvalue weighted by atomic mass is 10.1. The van der Waals surface area contributed by atoms with E-state index in [1.165, 1.54) is 0 Å². The molecular formula is C16H19ClN4O2. The summed E-state index contributed by atoms with van der Waals surface area (Å²) in [6, 6.07) is 5.53. The largest absolute Gasteiger partial charge is 0.489 e. The van der Waals surface area contributed by atoms with Gasteiger partial charge in [0.1, 0.15) is 11.9 Å². The van der Waals surface area contributed by atoms with Crippen LogP contribution >= 0.6 is 11.6 Å². The van der Waals surface area contributed by atoms with E-state index in [0.29, 0.717) is 11.0 Å². The molecule has 1 fully saturated rings. The number of ether oxygens (including phenoxy) is 2. The van der Waals surface area contributed by atoms with Crippen molar-refractivity contribution < 1.29 is 9.47 Å². The number of aryl methyl sites for hydroxylation is 1. The van der Waals surface area contributed by atoms with E-state index >= 15 is 0 Å². The van der Waals surface area contributed by atoms with Gasteiger partial charge in [-0.05, 0) is 24.6 Å². The highest BCUT2D eigenvalue weighted by molar-refractivity contribution is 6.29. The van der Waals surface area contributed by atoms with E-state index in [1.807, 2.05) is 19.1 Å². The van der Waals surface area contributed by atoms with Gasteiger partial charge in [-0.1, -0.05) is 11.6 Å². The fourth-order valence-corrected chi connectivity index (χ4v) is 2.90. The van der Waals surface area contributed by atoms with Crippen LogP contribution in [0.1, 0.15) is 18.4 Å². The number of methoxy groups -OCH3 is 1. The third kappa shape index (κ3) is 3.82. The summed E-state index contributed by atoms with van der Waals surface area (Å²) in [7, 11) is 1.60. The van der Waals surface area contributed by atoms with Crippen molar-refractivity contribution in [3.63, 3.8) is 0 Å². The van der Waals surface area contributed by atoms with E-state index in [2.05, 4.69) is 20.1 Å². The summed E-state index contributed by atoms with van der Waals surface area (Å²) in [4.78, 5) is 6.38. The Balaban J connectivity index is 1.57. The first-order valence-electron chi connectivity index (χ1n) is 7.57. The highest BCUT2D eigenvalue weighted by Gasteiger charge is 2.23. The molecule has 0 atom stereocenters. The van der Waals surface area contributed by atoms with Crippen molar-refractivity contribution >= 4 is 17.4 Å². The van der Waals surface area contributed by atoms with Crippen molar-refractivity contribution in [2.24, 2.45) is 0 Å². The Hall–Kier alpha value is -2.08. The quantitative estimate of drug-likeness (QED) is 0.856. The minimum atomic E-state index is 0.182. The number of anilines is 1. The van der Waals surface area contributed by atoms with E-state index in [1.54, 1.807) is 19.4 Å². The van der Waals surface area contributed by atoms with Gasteiger partial charge in [-0.15, -0.1) is 10.2 Å². The zero-order valence-electron chi connectivity index (χ0n) is 13.2. The van der Waals surface area contributed by atoms with Crippen molar-refractivity contribution in [2.75, 3.05) is 25.1 Å². The number of hydrogen-bond donors (Lipinski definition) is 0. The molecule has 1 aliphatic heterocycles. The van der Waals surface area contributed by atoms with Crippen LogP contribution in [0.5, 0.6) is 11.6 Å². The molecular weight excluding hydrogens is 316 g/mol. The van der Waals surface area contributed by atoms with Crippen molar-refractivity contribution in [3.05, 3.63) is 35.1 Å². The Kier molecular flexibility index (Phi) is 4.81. The Labute approximate surface area is 140 Å². The average Bonchev–Trinajstić information content (AvgIpc) is 2.57. The summed E-state index contributed by atoms with van der Waals surface area (Å²) in [5.74, 6) is 2.26. The molecule has 2 aromatic rings. The van der Waals surface area contributed by atoms with Crippen LogP contribution < -0.4 is 14.4 Å². The summed E-state index contributed by atoms with van der Waals surface area (Å²) >= 11 is 5.86. The monoisotopic (exact) mass is 334 g/mol. The number of halogens is 1. The number of nitrogens with zero attached hydrogens (tertiary/aromatic N) is 4. The molecule has 0 aromatic carbocycles. The van der Waals surface area contributed by atoms with Crippen LogP contribution in [-0.2, 0) is 0 Å². The van der Waals surface area contributed by atoms with E-state index in [4.69, 9.17) is 21.1 Å². The van der Waals surface area contributed by atoms with Gasteiger partial charge in [0, 0.05) is 32.0 Å². The molecule has 0 aliphatic carbocycles. The molecule has 3 rings (SSSR count). The summed E-state index contributed by atoms with van der Waals surface area (Å²) in [6.45, 7) is 3.76. The highest BCUT2D eigenvalue weighted by atomic mass is 35.5. The predicted molar refractivity (Wildman–Crippen MR) is 88.4 cm³/mol. The SMILES string of the molecule is COc1ccc(OC2CCN(c3nnc(Cl)cc3C)CC2)cn1. The Bertz CT molecular complexity index is 658. The molecule has 0 N–H and O–H groups in total. The second kappa shape index (κ2) is 7.00. The molecule has 0 unspecified atom stereocenters. The number of rotatable bonds is 4. The average molecular weight is 335 g/mol. The number of pyridine rings is 1. The van der Waals surface area contributed by atoms with Crippen molar-refractivity contribution in [1.82, 2.24) is 15.2 Å². The minimum Gasteiger partial charge on any atom is -0.489 e. The Morgan fingerprint density at radius 3 is 2.61 bits per heavy atom. The minimum absolute atomic E-state index is 0.182. The fourth-order valence-electron chi connectivity index (χ4n) is 2.69. The van der Waals surface area contributed by atoms with Crippen LogP contribution in [0.4, 0.5) is 5.82 Å². The third-order valence-corrected chi connectivity index (χ3v) is 4.08. The van der Waals surface area contributed by atoms with Crippen LogP contribution in [-0.4, -0.2) is 41.5 Å². The first-order valence-corrected chi connectivity index (χ1v) is 7.95. The Morgan fingerprint density at radius 2 is 2.00 bits per heavy atom. The normalized spacial score (nSPS) is 15.5. The molecule has 0 bridgehead atoms. The lowest BCUT2D eigenvalue weighted by molar-refractivity contribution is 0.169. The molecule has 0 amide bonds. The summed E-state index contributed by atoms with van der Waals surface area (Å²) in [5.41, 5.74) is 1.05. The van der Waals surface area contributed by atoms with Crippen LogP contribution in [0.15, 0.2) is 24.4 Å². The molecule has 2 aromatic heterocycles. The van der Waals surface area contributed by atoms with Gasteiger partial charge in [-0.3, -0.25) is 0 Å². The summed E-state index contributed by atoms with van der Waals surface area (Å²) < 4.78 is 11.0. The van der Waals surface area contributed by atoms with Gasteiger partial charge in [0.05, 0.1) is 13.3 Å². The van der Waals surface area contributed by atoms with Gasteiger partial charge in [0.25, 0.3) is 0 Å². The Morgan fingerprint density at radius 1 is 1.22 bits per heavy atom. The van der Waals surface area contributed by atoms with Crippen molar-refractivity contribution in [2.45, 2.75) is 25.9 Å². The summed E-state index contributed by atoms with van der Waals surface area (Å²) in [6.07, 6.45) is 3.73. The maximum atomic E-state index is 5.99. The van der Waals surface area contributed by atoms with E-state index in [-0.39, 0.29) is 6.10 Å². The molecule has 6 nitrogen and oxygen atoms in total. The number of hydrogen-bond acceptors (Lipinski definition) is 6. The van der Waals surface area contributed by atoms with E-state index in [0.717, 1.165) is 43.1 Å². The zero-order chi connectivity index (χ0) is 16.2. The zero-order valence-corrected chi connectivity index (χ0v) is 14.0. The van der Waals surface area contributed by atoms with Gasteiger partial charge in [0.2, 0.25) is 5.88 Å². The fraction of sp³-hybridized carbons (Fsp3) is 0.438. The third-order valence-electron chi connectivity index (χ3n) is 3.89. The first-order chi connectivity index (χ1) is 11.2. The molecule has 1 aliphatic rings. The molecule has 0 spiro atoms. The van der Waals surface area contributed by atoms with Gasteiger partial charge in [-0.25, -0.2) is 4.98 Å². The molecule has 0 saturated carbocycles. The van der Waals surface area contributed by atoms with E-state index < -0.39 is 0 Å². The lowest BCUT2D eigenvalue weighted by Gasteiger charge is -2.33. The summed E-state index contributed by atoms with van der Waals surface area (Å²) in [5, 5.41) is 8.58. The van der Waals surface area contributed by atoms with Crippen LogP contribution in [0.2, 0.25) is 5.15 Å². The highest BCUT2D eigenvalue weighted by Crippen LogP contribution is 2.25. The topological polar surface area (TPSA) is 60.4 Å².